The fourth-order valence-electron chi connectivity index (χ4n) is 2.69. The van der Waals surface area contributed by atoms with Crippen LogP contribution in [0.1, 0.15) is 31.8 Å². The van der Waals surface area contributed by atoms with Gasteiger partial charge >= 0.3 is 0 Å². The lowest BCUT2D eigenvalue weighted by Crippen LogP contribution is -2.05. The monoisotopic (exact) mass is 532 g/mol. The molecular formula is C20H10Br2N2O6. The Morgan fingerprint density at radius 1 is 0.600 bits per heavy atom. The van der Waals surface area contributed by atoms with E-state index in [1.165, 1.54) is 60.7 Å². The molecule has 0 heterocycles. The first-order valence-electron chi connectivity index (χ1n) is 8.26. The zero-order chi connectivity index (χ0) is 22.0. The number of nitro benzene ring substituents is 2. The van der Waals surface area contributed by atoms with Gasteiger partial charge in [0.1, 0.15) is 0 Å². The van der Waals surface area contributed by atoms with Crippen molar-refractivity contribution in [3.8, 4) is 0 Å². The average molecular weight is 534 g/mol. The van der Waals surface area contributed by atoms with Crippen molar-refractivity contribution in [3.05, 3.63) is 112 Å². The molecule has 0 aliphatic carbocycles. The highest BCUT2D eigenvalue weighted by atomic mass is 79.9. The zero-order valence-corrected chi connectivity index (χ0v) is 18.0. The Balaban J connectivity index is 1.88. The lowest BCUT2D eigenvalue weighted by molar-refractivity contribution is -0.385. The minimum absolute atomic E-state index is 0.132. The van der Waals surface area contributed by atoms with Gasteiger partial charge in [-0.25, -0.2) is 0 Å². The molecular weight excluding hydrogens is 524 g/mol. The molecule has 0 unspecified atom stereocenters. The van der Waals surface area contributed by atoms with Crippen molar-refractivity contribution in [2.45, 2.75) is 0 Å². The molecule has 3 aromatic rings. The summed E-state index contributed by atoms with van der Waals surface area (Å²) in [6, 6.07) is 13.8. The number of benzene rings is 3. The third-order valence-electron chi connectivity index (χ3n) is 4.22. The lowest BCUT2D eigenvalue weighted by Gasteiger charge is -2.05. The van der Waals surface area contributed by atoms with Crippen LogP contribution in [0.15, 0.2) is 69.6 Å². The van der Waals surface area contributed by atoms with E-state index in [0.29, 0.717) is 0 Å². The van der Waals surface area contributed by atoms with E-state index < -0.39 is 21.4 Å². The number of halogens is 2. The van der Waals surface area contributed by atoms with Gasteiger partial charge in [-0.1, -0.05) is 24.3 Å². The summed E-state index contributed by atoms with van der Waals surface area (Å²) in [5.41, 5.74) is 0.281. The minimum Gasteiger partial charge on any atom is -0.289 e. The van der Waals surface area contributed by atoms with Crippen LogP contribution in [0.4, 0.5) is 11.4 Å². The van der Waals surface area contributed by atoms with Crippen molar-refractivity contribution in [2.75, 3.05) is 0 Å². The van der Waals surface area contributed by atoms with Crippen molar-refractivity contribution < 1.29 is 19.4 Å². The topological polar surface area (TPSA) is 120 Å². The van der Waals surface area contributed by atoms with E-state index in [1.807, 2.05) is 0 Å². The van der Waals surface area contributed by atoms with Gasteiger partial charge in [0.25, 0.3) is 11.4 Å². The Kier molecular flexibility index (Phi) is 6.18. The number of rotatable bonds is 6. The van der Waals surface area contributed by atoms with E-state index in [4.69, 9.17) is 0 Å². The van der Waals surface area contributed by atoms with Crippen LogP contribution in [-0.2, 0) is 0 Å². The van der Waals surface area contributed by atoms with E-state index in [2.05, 4.69) is 31.9 Å². The van der Waals surface area contributed by atoms with Crippen LogP contribution in [0, 0.1) is 20.2 Å². The summed E-state index contributed by atoms with van der Waals surface area (Å²) in [6.45, 7) is 0. The SMILES string of the molecule is O=C(c1ccc(C(=O)c2ccc(Br)c([N+](=O)[O-])c2)cc1)c1ccc(Br)c([N+](=O)[O-])c1. The molecule has 0 N–H and O–H groups in total. The van der Waals surface area contributed by atoms with Crippen molar-refractivity contribution in [2.24, 2.45) is 0 Å². The van der Waals surface area contributed by atoms with Crippen LogP contribution < -0.4 is 0 Å². The molecule has 0 saturated heterocycles. The number of hydrogen-bond donors (Lipinski definition) is 0. The number of hydrogen-bond acceptors (Lipinski definition) is 6. The van der Waals surface area contributed by atoms with Crippen molar-refractivity contribution in [1.82, 2.24) is 0 Å². The van der Waals surface area contributed by atoms with Gasteiger partial charge in [0.05, 0.1) is 18.8 Å². The zero-order valence-electron chi connectivity index (χ0n) is 14.9. The third kappa shape index (κ3) is 4.34. The number of carbonyl (C=O) groups excluding carboxylic acids is 2. The van der Waals surface area contributed by atoms with Gasteiger partial charge in [-0.05, 0) is 56.1 Å². The fraction of sp³-hybridized carbons (Fsp3) is 0. The van der Waals surface area contributed by atoms with Gasteiger partial charge in [0.15, 0.2) is 11.6 Å². The largest absolute Gasteiger partial charge is 0.289 e. The Bertz CT molecular complexity index is 1110. The van der Waals surface area contributed by atoms with Gasteiger partial charge in [-0.15, -0.1) is 0 Å². The summed E-state index contributed by atoms with van der Waals surface area (Å²) in [5.74, 6) is -0.882. The van der Waals surface area contributed by atoms with Gasteiger partial charge in [0.2, 0.25) is 0 Å². The number of nitro groups is 2. The Morgan fingerprint density at radius 3 is 1.20 bits per heavy atom. The molecule has 10 heteroatoms. The van der Waals surface area contributed by atoms with Crippen molar-refractivity contribution >= 4 is 54.8 Å². The van der Waals surface area contributed by atoms with Crippen LogP contribution >= 0.6 is 31.9 Å². The van der Waals surface area contributed by atoms with Crippen molar-refractivity contribution in [3.63, 3.8) is 0 Å². The number of carbonyl (C=O) groups is 2. The Hall–Kier alpha value is -3.24. The molecule has 0 atom stereocenters. The van der Waals surface area contributed by atoms with Crippen LogP contribution in [0.5, 0.6) is 0 Å². The highest BCUT2D eigenvalue weighted by molar-refractivity contribution is 9.11. The van der Waals surface area contributed by atoms with Gasteiger partial charge < -0.3 is 0 Å². The predicted octanol–water partition coefficient (Wildman–Crippen LogP) is 5.49. The molecule has 0 spiro atoms. The lowest BCUT2D eigenvalue weighted by atomic mass is 9.98. The highest BCUT2D eigenvalue weighted by Crippen LogP contribution is 2.28. The molecule has 8 nitrogen and oxygen atoms in total. The first kappa shape index (κ1) is 21.5. The molecule has 0 aliphatic heterocycles. The smallest absolute Gasteiger partial charge is 0.284 e. The molecule has 30 heavy (non-hydrogen) atoms. The highest BCUT2D eigenvalue weighted by Gasteiger charge is 2.19. The van der Waals surface area contributed by atoms with Crippen LogP contribution in [0.2, 0.25) is 0 Å². The molecule has 3 aromatic carbocycles. The van der Waals surface area contributed by atoms with E-state index in [1.54, 1.807) is 0 Å². The Morgan fingerprint density at radius 2 is 0.900 bits per heavy atom. The molecule has 0 aliphatic rings. The molecule has 0 amide bonds. The maximum absolute atomic E-state index is 12.6. The second kappa shape index (κ2) is 8.64. The molecule has 0 saturated carbocycles. The summed E-state index contributed by atoms with van der Waals surface area (Å²) in [7, 11) is 0. The maximum atomic E-state index is 12.6. The summed E-state index contributed by atoms with van der Waals surface area (Å²) >= 11 is 6.13. The van der Waals surface area contributed by atoms with Gasteiger partial charge in [-0.3, -0.25) is 29.8 Å². The van der Waals surface area contributed by atoms with E-state index in [-0.39, 0.29) is 42.6 Å². The minimum atomic E-state index is -0.597. The normalized spacial score (nSPS) is 10.5. The second-order valence-electron chi connectivity index (χ2n) is 6.08. The standard InChI is InChI=1S/C20H10Br2N2O6/c21-15-7-5-13(9-17(15)23(27)28)19(25)11-1-2-12(4-3-11)20(26)14-6-8-16(22)18(10-14)24(29)30/h1-10H. The van der Waals surface area contributed by atoms with Crippen LogP contribution in [0.3, 0.4) is 0 Å². The Labute approximate surface area is 186 Å². The third-order valence-corrected chi connectivity index (χ3v) is 5.56. The summed E-state index contributed by atoms with van der Waals surface area (Å²) in [4.78, 5) is 46.2. The summed E-state index contributed by atoms with van der Waals surface area (Å²) < 4.78 is 0.516. The first-order chi connectivity index (χ1) is 14.2. The van der Waals surface area contributed by atoms with Gasteiger partial charge in [-0.2, -0.15) is 0 Å². The number of ketones is 2. The van der Waals surface area contributed by atoms with Gasteiger partial charge in [0, 0.05) is 34.4 Å². The molecule has 0 aromatic heterocycles. The summed E-state index contributed by atoms with van der Waals surface area (Å²) in [5, 5.41) is 22.1. The molecule has 150 valence electrons. The number of nitrogens with zero attached hydrogens (tertiary/aromatic N) is 2. The van der Waals surface area contributed by atoms with E-state index in [0.717, 1.165) is 0 Å². The molecule has 0 fully saturated rings. The quantitative estimate of drug-likeness (QED) is 0.234. The van der Waals surface area contributed by atoms with Crippen LogP contribution in [-0.4, -0.2) is 21.4 Å². The maximum Gasteiger partial charge on any atom is 0.284 e. The first-order valence-corrected chi connectivity index (χ1v) is 9.85. The van der Waals surface area contributed by atoms with Crippen LogP contribution in [0.25, 0.3) is 0 Å². The average Bonchev–Trinajstić information content (AvgIpc) is 2.73. The van der Waals surface area contributed by atoms with E-state index in [9.17, 15) is 29.8 Å². The molecule has 0 bridgehead atoms. The predicted molar refractivity (Wildman–Crippen MR) is 115 cm³/mol. The summed E-state index contributed by atoms with van der Waals surface area (Å²) in [6.07, 6.45) is 0. The van der Waals surface area contributed by atoms with Crippen molar-refractivity contribution in [1.29, 1.82) is 0 Å². The second-order valence-corrected chi connectivity index (χ2v) is 7.79. The molecule has 0 radical (unpaired) electrons. The molecule has 3 rings (SSSR count). The fourth-order valence-corrected chi connectivity index (χ4v) is 3.48. The van der Waals surface area contributed by atoms with E-state index >= 15 is 0 Å².